The minimum atomic E-state index is -0.978. The molecule has 2 aliphatic rings. The zero-order valence-electron chi connectivity index (χ0n) is 23.9. The smallest absolute Gasteiger partial charge is 0.331 e. The lowest BCUT2D eigenvalue weighted by Gasteiger charge is -2.40. The Balaban J connectivity index is 1.23. The third-order valence-electron chi connectivity index (χ3n) is 8.94. The van der Waals surface area contributed by atoms with Gasteiger partial charge in [-0.05, 0) is 92.5 Å². The normalized spacial score (nSPS) is 16.8. The molecular formula is C34H35N3O5. The van der Waals surface area contributed by atoms with E-state index >= 15 is 0 Å². The second-order valence-electron chi connectivity index (χ2n) is 11.6. The van der Waals surface area contributed by atoms with Crippen molar-refractivity contribution in [3.05, 3.63) is 83.3 Å². The Kier molecular flexibility index (Phi) is 7.22. The van der Waals surface area contributed by atoms with Crippen LogP contribution in [-0.4, -0.2) is 33.0 Å². The summed E-state index contributed by atoms with van der Waals surface area (Å²) < 4.78 is 7.59. The molecule has 0 unspecified atom stereocenters. The Labute approximate surface area is 244 Å². The van der Waals surface area contributed by atoms with E-state index < -0.39 is 11.5 Å². The molecule has 0 saturated heterocycles. The number of amides is 2. The molecule has 0 bridgehead atoms. The number of hydrogen-bond acceptors (Lipinski definition) is 4. The summed E-state index contributed by atoms with van der Waals surface area (Å²) in [5, 5.41) is 16.2. The number of nitrogens with zero attached hydrogens (tertiary/aromatic N) is 1. The van der Waals surface area contributed by atoms with Gasteiger partial charge < -0.3 is 24.7 Å². The van der Waals surface area contributed by atoms with E-state index in [1.807, 2.05) is 25.2 Å². The van der Waals surface area contributed by atoms with Crippen LogP contribution in [0.15, 0.2) is 71.0 Å². The molecule has 0 atom stereocenters. The zero-order chi connectivity index (χ0) is 29.4. The van der Waals surface area contributed by atoms with Crippen LogP contribution in [-0.2, 0) is 16.6 Å². The minimum absolute atomic E-state index is 0.226. The first-order chi connectivity index (χ1) is 20.3. The van der Waals surface area contributed by atoms with Crippen molar-refractivity contribution in [2.24, 2.45) is 7.05 Å². The highest BCUT2D eigenvalue weighted by molar-refractivity contribution is 6.06. The van der Waals surface area contributed by atoms with Gasteiger partial charge in [0.05, 0.1) is 18.2 Å². The minimum Gasteiger partial charge on any atom is -0.478 e. The third kappa shape index (κ3) is 5.02. The topological polar surface area (TPSA) is 114 Å². The number of carboxylic acids is 1. The summed E-state index contributed by atoms with van der Waals surface area (Å²) in [7, 11) is 2.04. The Morgan fingerprint density at radius 3 is 2.38 bits per heavy atom. The highest BCUT2D eigenvalue weighted by Crippen LogP contribution is 2.45. The molecule has 0 radical (unpaired) electrons. The van der Waals surface area contributed by atoms with Crippen LogP contribution in [0.2, 0.25) is 0 Å². The molecule has 2 fully saturated rings. The third-order valence-corrected chi connectivity index (χ3v) is 8.94. The molecule has 0 aliphatic heterocycles. The van der Waals surface area contributed by atoms with E-state index in [0.29, 0.717) is 30.0 Å². The maximum Gasteiger partial charge on any atom is 0.331 e. The number of fused-ring (bicyclic) bond motifs is 1. The molecule has 2 amide bonds. The molecule has 6 rings (SSSR count). The van der Waals surface area contributed by atoms with Gasteiger partial charge in [-0.3, -0.25) is 9.59 Å². The SMILES string of the molecule is C/C(=C\c1ccc(NC(=O)C2(NC(=O)c3ccc4c(C5CCCC5)c(-c5ccoc5)n(C)c4c3)CCC2)cc1)C(=O)O. The van der Waals surface area contributed by atoms with E-state index in [2.05, 4.69) is 21.3 Å². The molecule has 0 spiro atoms. The first-order valence-corrected chi connectivity index (χ1v) is 14.6. The molecular weight excluding hydrogens is 530 g/mol. The van der Waals surface area contributed by atoms with Crippen LogP contribution in [0.4, 0.5) is 5.69 Å². The van der Waals surface area contributed by atoms with Crippen molar-refractivity contribution >= 4 is 40.4 Å². The first kappa shape index (κ1) is 27.6. The maximum atomic E-state index is 13.6. The molecule has 4 aromatic rings. The van der Waals surface area contributed by atoms with E-state index in [1.54, 1.807) is 42.9 Å². The fraction of sp³-hybridized carbons (Fsp3) is 0.324. The summed E-state index contributed by atoms with van der Waals surface area (Å²) in [5.41, 5.74) is 5.56. The van der Waals surface area contributed by atoms with Crippen LogP contribution in [0.5, 0.6) is 0 Å². The average molecular weight is 566 g/mol. The van der Waals surface area contributed by atoms with Gasteiger partial charge in [0.25, 0.3) is 5.91 Å². The van der Waals surface area contributed by atoms with Gasteiger partial charge in [0.15, 0.2) is 0 Å². The van der Waals surface area contributed by atoms with Crippen molar-refractivity contribution < 1.29 is 23.9 Å². The average Bonchev–Trinajstić information content (AvgIpc) is 3.73. The van der Waals surface area contributed by atoms with Crippen LogP contribution in [0.25, 0.3) is 28.2 Å². The van der Waals surface area contributed by atoms with Crippen molar-refractivity contribution in [2.45, 2.75) is 63.3 Å². The fourth-order valence-electron chi connectivity index (χ4n) is 6.44. The summed E-state index contributed by atoms with van der Waals surface area (Å²) >= 11 is 0. The highest BCUT2D eigenvalue weighted by atomic mass is 16.4. The number of aryl methyl sites for hydroxylation is 1. The number of furan rings is 1. The number of carbonyl (C=O) groups is 3. The van der Waals surface area contributed by atoms with E-state index in [1.165, 1.54) is 25.3 Å². The summed E-state index contributed by atoms with van der Waals surface area (Å²) in [4.78, 5) is 38.1. The van der Waals surface area contributed by atoms with Gasteiger partial charge in [-0.25, -0.2) is 4.79 Å². The van der Waals surface area contributed by atoms with E-state index in [4.69, 9.17) is 9.52 Å². The Morgan fingerprint density at radius 1 is 1.02 bits per heavy atom. The zero-order valence-corrected chi connectivity index (χ0v) is 23.9. The summed E-state index contributed by atoms with van der Waals surface area (Å²) in [6.45, 7) is 1.53. The monoisotopic (exact) mass is 565 g/mol. The molecule has 42 heavy (non-hydrogen) atoms. The number of nitrogens with one attached hydrogen (secondary N) is 2. The second kappa shape index (κ2) is 11.0. The predicted molar refractivity (Wildman–Crippen MR) is 162 cm³/mol. The lowest BCUT2D eigenvalue weighted by Crippen LogP contribution is -2.61. The Bertz CT molecular complexity index is 1690. The van der Waals surface area contributed by atoms with E-state index in [-0.39, 0.29) is 17.4 Å². The largest absolute Gasteiger partial charge is 0.478 e. The highest BCUT2D eigenvalue weighted by Gasteiger charge is 2.45. The van der Waals surface area contributed by atoms with Gasteiger partial charge in [-0.1, -0.05) is 31.0 Å². The van der Waals surface area contributed by atoms with E-state index in [9.17, 15) is 14.4 Å². The molecule has 2 aromatic carbocycles. The summed E-state index contributed by atoms with van der Waals surface area (Å²) in [6.07, 6.45) is 11.8. The molecule has 2 aromatic heterocycles. The predicted octanol–water partition coefficient (Wildman–Crippen LogP) is 6.88. The molecule has 2 aliphatic carbocycles. The van der Waals surface area contributed by atoms with Crippen molar-refractivity contribution in [1.29, 1.82) is 0 Å². The molecule has 2 saturated carbocycles. The van der Waals surface area contributed by atoms with Gasteiger partial charge in [0.1, 0.15) is 5.54 Å². The molecule has 8 heteroatoms. The van der Waals surface area contributed by atoms with Crippen molar-refractivity contribution in [3.8, 4) is 11.3 Å². The number of benzene rings is 2. The lowest BCUT2D eigenvalue weighted by atomic mass is 9.75. The van der Waals surface area contributed by atoms with Crippen LogP contribution in [0.1, 0.15) is 79.3 Å². The maximum absolute atomic E-state index is 13.6. The number of rotatable bonds is 8. The molecule has 216 valence electrons. The van der Waals surface area contributed by atoms with Gasteiger partial charge in [-0.2, -0.15) is 0 Å². The van der Waals surface area contributed by atoms with Crippen molar-refractivity contribution in [2.75, 3.05) is 5.32 Å². The summed E-state index contributed by atoms with van der Waals surface area (Å²) in [6, 6.07) is 14.8. The number of hydrogen-bond donors (Lipinski definition) is 3. The molecule has 2 heterocycles. The quantitative estimate of drug-likeness (QED) is 0.202. The van der Waals surface area contributed by atoms with E-state index in [0.717, 1.165) is 47.0 Å². The number of anilines is 1. The Hall–Kier alpha value is -4.59. The number of aromatic nitrogens is 1. The fourth-order valence-corrected chi connectivity index (χ4v) is 6.44. The number of carboxylic acid groups (broad SMARTS) is 1. The molecule has 8 nitrogen and oxygen atoms in total. The molecule has 3 N–H and O–H groups in total. The van der Waals surface area contributed by atoms with Gasteiger partial charge >= 0.3 is 5.97 Å². The lowest BCUT2D eigenvalue weighted by molar-refractivity contribution is -0.132. The van der Waals surface area contributed by atoms with Gasteiger partial charge in [0, 0.05) is 40.3 Å². The van der Waals surface area contributed by atoms with Crippen molar-refractivity contribution in [3.63, 3.8) is 0 Å². The van der Waals surface area contributed by atoms with Crippen LogP contribution in [0, 0.1) is 0 Å². The van der Waals surface area contributed by atoms with Gasteiger partial charge in [0.2, 0.25) is 5.91 Å². The standard InChI is InChI=1S/C34H35N3O5/c1-21(32(39)40)18-22-8-11-26(12-9-22)35-33(41)34(15-5-16-34)36-31(38)24-10-13-27-28(19-24)37(2)30(25-14-17-42-20-25)29(27)23-6-3-4-7-23/h8-14,17-20,23H,3-7,15-16H2,1-2H3,(H,35,41)(H,36,38)(H,39,40)/b21-18+. The second-order valence-corrected chi connectivity index (χ2v) is 11.6. The van der Waals surface area contributed by atoms with Crippen LogP contribution >= 0.6 is 0 Å². The summed E-state index contributed by atoms with van der Waals surface area (Å²) in [5.74, 6) is -1.02. The number of carbonyl (C=O) groups excluding carboxylic acids is 2. The first-order valence-electron chi connectivity index (χ1n) is 14.6. The van der Waals surface area contributed by atoms with Crippen molar-refractivity contribution in [1.82, 2.24) is 9.88 Å². The number of aliphatic carboxylic acids is 1. The van der Waals surface area contributed by atoms with Crippen LogP contribution < -0.4 is 10.6 Å². The Morgan fingerprint density at radius 2 is 1.76 bits per heavy atom. The van der Waals surface area contributed by atoms with Gasteiger partial charge in [-0.15, -0.1) is 0 Å². The van der Waals surface area contributed by atoms with Crippen LogP contribution in [0.3, 0.4) is 0 Å².